The van der Waals surface area contributed by atoms with Gasteiger partial charge in [-0.1, -0.05) is 18.2 Å². The SMILES string of the molecule is CNC(=O)Cc1ccccc1NC(=O)CCC(=O)N1CCc2sccc2C1. The van der Waals surface area contributed by atoms with Gasteiger partial charge in [0.1, 0.15) is 0 Å². The molecule has 3 amide bonds. The fourth-order valence-corrected chi connectivity index (χ4v) is 4.00. The molecule has 3 rings (SSSR count). The highest BCUT2D eigenvalue weighted by Gasteiger charge is 2.22. The maximum Gasteiger partial charge on any atom is 0.224 e. The average molecular weight is 385 g/mol. The number of amides is 3. The van der Waals surface area contributed by atoms with Crippen molar-refractivity contribution in [2.75, 3.05) is 18.9 Å². The van der Waals surface area contributed by atoms with Crippen LogP contribution >= 0.6 is 11.3 Å². The van der Waals surface area contributed by atoms with E-state index < -0.39 is 0 Å². The number of carbonyl (C=O) groups excluding carboxylic acids is 3. The molecule has 6 nitrogen and oxygen atoms in total. The first-order chi connectivity index (χ1) is 13.1. The number of para-hydroxylation sites is 1. The number of nitrogens with one attached hydrogen (secondary N) is 2. The maximum absolute atomic E-state index is 12.4. The predicted octanol–water partition coefficient (Wildman–Crippen LogP) is 2.34. The summed E-state index contributed by atoms with van der Waals surface area (Å²) in [6.07, 6.45) is 1.39. The zero-order chi connectivity index (χ0) is 19.2. The largest absolute Gasteiger partial charge is 0.359 e. The molecule has 0 radical (unpaired) electrons. The Hall–Kier alpha value is -2.67. The third-order valence-corrected chi connectivity index (χ3v) is 5.67. The lowest BCUT2D eigenvalue weighted by atomic mass is 10.1. The Bertz CT molecular complexity index is 847. The molecule has 2 aromatic rings. The molecule has 0 fully saturated rings. The van der Waals surface area contributed by atoms with Gasteiger partial charge in [-0.3, -0.25) is 14.4 Å². The van der Waals surface area contributed by atoms with Gasteiger partial charge in [0, 0.05) is 43.5 Å². The molecule has 2 N–H and O–H groups in total. The summed E-state index contributed by atoms with van der Waals surface area (Å²) in [6.45, 7) is 1.34. The minimum Gasteiger partial charge on any atom is -0.359 e. The number of nitrogens with zero attached hydrogens (tertiary/aromatic N) is 1. The van der Waals surface area contributed by atoms with Crippen LogP contribution in [0.15, 0.2) is 35.7 Å². The van der Waals surface area contributed by atoms with Gasteiger partial charge in [-0.05, 0) is 35.1 Å². The lowest BCUT2D eigenvalue weighted by molar-refractivity contribution is -0.133. The summed E-state index contributed by atoms with van der Waals surface area (Å²) < 4.78 is 0. The van der Waals surface area contributed by atoms with E-state index in [1.807, 2.05) is 17.0 Å². The molecule has 0 atom stereocenters. The van der Waals surface area contributed by atoms with Gasteiger partial charge in [-0.2, -0.15) is 0 Å². The van der Waals surface area contributed by atoms with E-state index in [1.54, 1.807) is 30.5 Å². The number of likely N-dealkylation sites (N-methyl/N-ethyl adjacent to an activating group) is 1. The first kappa shape index (κ1) is 19.1. The molecule has 1 aromatic carbocycles. The van der Waals surface area contributed by atoms with Crippen molar-refractivity contribution >= 4 is 34.7 Å². The summed E-state index contributed by atoms with van der Waals surface area (Å²) in [5.74, 6) is -0.341. The lowest BCUT2D eigenvalue weighted by Gasteiger charge is -2.27. The summed E-state index contributed by atoms with van der Waals surface area (Å²) in [5.41, 5.74) is 2.57. The summed E-state index contributed by atoms with van der Waals surface area (Å²) in [6, 6.07) is 9.27. The molecule has 142 valence electrons. The van der Waals surface area contributed by atoms with Gasteiger partial charge < -0.3 is 15.5 Å². The van der Waals surface area contributed by atoms with Crippen LogP contribution in [0.3, 0.4) is 0 Å². The van der Waals surface area contributed by atoms with Crippen molar-refractivity contribution in [3.63, 3.8) is 0 Å². The van der Waals surface area contributed by atoms with E-state index in [4.69, 9.17) is 0 Å². The molecule has 2 heterocycles. The van der Waals surface area contributed by atoms with Gasteiger partial charge in [-0.25, -0.2) is 0 Å². The third-order valence-electron chi connectivity index (χ3n) is 4.65. The standard InChI is InChI=1S/C20H23N3O3S/c1-21-19(25)12-14-4-2-3-5-16(14)22-18(24)6-7-20(26)23-10-8-17-15(13-23)9-11-27-17/h2-5,9,11H,6-8,10,12-13H2,1H3,(H,21,25)(H,22,24). The molecule has 1 aliphatic rings. The van der Waals surface area contributed by atoms with Crippen LogP contribution in [-0.4, -0.2) is 36.2 Å². The monoisotopic (exact) mass is 385 g/mol. The second-order valence-corrected chi connectivity index (χ2v) is 7.49. The smallest absolute Gasteiger partial charge is 0.224 e. The number of carbonyl (C=O) groups is 3. The van der Waals surface area contributed by atoms with E-state index in [-0.39, 0.29) is 37.0 Å². The van der Waals surface area contributed by atoms with Crippen LogP contribution in [0.25, 0.3) is 0 Å². The van der Waals surface area contributed by atoms with Crippen molar-refractivity contribution in [2.24, 2.45) is 0 Å². The Morgan fingerprint density at radius 1 is 1.11 bits per heavy atom. The number of hydrogen-bond donors (Lipinski definition) is 2. The minimum absolute atomic E-state index is 0.000598. The van der Waals surface area contributed by atoms with E-state index in [2.05, 4.69) is 22.1 Å². The van der Waals surface area contributed by atoms with Gasteiger partial charge >= 0.3 is 0 Å². The van der Waals surface area contributed by atoms with E-state index in [0.29, 0.717) is 18.8 Å². The van der Waals surface area contributed by atoms with Gasteiger partial charge in [0.15, 0.2) is 0 Å². The number of fused-ring (bicyclic) bond motifs is 1. The molecule has 1 aromatic heterocycles. The number of thiophene rings is 1. The molecule has 1 aliphatic heterocycles. The number of hydrogen-bond acceptors (Lipinski definition) is 4. The molecular weight excluding hydrogens is 362 g/mol. The van der Waals surface area contributed by atoms with Crippen molar-refractivity contribution in [1.29, 1.82) is 0 Å². The van der Waals surface area contributed by atoms with Crippen LogP contribution < -0.4 is 10.6 Å². The normalized spacial score (nSPS) is 13.0. The summed E-state index contributed by atoms with van der Waals surface area (Å²) in [7, 11) is 1.58. The molecular formula is C20H23N3O3S. The van der Waals surface area contributed by atoms with Crippen molar-refractivity contribution in [1.82, 2.24) is 10.2 Å². The molecule has 0 aliphatic carbocycles. The Morgan fingerprint density at radius 2 is 1.93 bits per heavy atom. The van der Waals surface area contributed by atoms with Crippen LogP contribution in [0.2, 0.25) is 0 Å². The number of anilines is 1. The topological polar surface area (TPSA) is 78.5 Å². The number of rotatable bonds is 6. The quantitative estimate of drug-likeness (QED) is 0.801. The van der Waals surface area contributed by atoms with Crippen LogP contribution in [0.5, 0.6) is 0 Å². The van der Waals surface area contributed by atoms with E-state index in [1.165, 1.54) is 10.4 Å². The molecule has 7 heteroatoms. The Kier molecular flexibility index (Phi) is 6.24. The first-order valence-corrected chi connectivity index (χ1v) is 9.86. The molecule has 0 bridgehead atoms. The highest BCUT2D eigenvalue weighted by atomic mass is 32.1. The van der Waals surface area contributed by atoms with Gasteiger partial charge in [-0.15, -0.1) is 11.3 Å². The van der Waals surface area contributed by atoms with Crippen molar-refractivity contribution < 1.29 is 14.4 Å². The van der Waals surface area contributed by atoms with E-state index in [0.717, 1.165) is 12.0 Å². The lowest BCUT2D eigenvalue weighted by Crippen LogP contribution is -2.35. The fourth-order valence-electron chi connectivity index (χ4n) is 3.11. The van der Waals surface area contributed by atoms with Crippen LogP contribution in [0.1, 0.15) is 28.8 Å². The van der Waals surface area contributed by atoms with Gasteiger partial charge in [0.25, 0.3) is 0 Å². The van der Waals surface area contributed by atoms with Gasteiger partial charge in [0.2, 0.25) is 17.7 Å². The molecule has 27 heavy (non-hydrogen) atoms. The maximum atomic E-state index is 12.4. The van der Waals surface area contributed by atoms with E-state index >= 15 is 0 Å². The predicted molar refractivity (Wildman–Crippen MR) is 106 cm³/mol. The van der Waals surface area contributed by atoms with E-state index in [9.17, 15) is 14.4 Å². The average Bonchev–Trinajstić information content (AvgIpc) is 3.15. The zero-order valence-corrected chi connectivity index (χ0v) is 16.1. The van der Waals surface area contributed by atoms with Crippen molar-refractivity contribution in [2.45, 2.75) is 32.2 Å². The Balaban J connectivity index is 1.52. The first-order valence-electron chi connectivity index (χ1n) is 8.98. The van der Waals surface area contributed by atoms with Crippen molar-refractivity contribution in [3.05, 3.63) is 51.7 Å². The highest BCUT2D eigenvalue weighted by molar-refractivity contribution is 7.10. The molecule has 0 saturated heterocycles. The highest BCUT2D eigenvalue weighted by Crippen LogP contribution is 2.24. The van der Waals surface area contributed by atoms with Crippen LogP contribution in [0.4, 0.5) is 5.69 Å². The molecule has 0 saturated carbocycles. The summed E-state index contributed by atoms with van der Waals surface area (Å²) >= 11 is 1.74. The fraction of sp³-hybridized carbons (Fsp3) is 0.350. The third kappa shape index (κ3) is 4.95. The second kappa shape index (κ2) is 8.81. The molecule has 0 unspecified atom stereocenters. The Morgan fingerprint density at radius 3 is 2.74 bits per heavy atom. The van der Waals surface area contributed by atoms with Gasteiger partial charge in [0.05, 0.1) is 6.42 Å². The summed E-state index contributed by atoms with van der Waals surface area (Å²) in [4.78, 5) is 39.5. The van der Waals surface area contributed by atoms with Crippen molar-refractivity contribution in [3.8, 4) is 0 Å². The minimum atomic E-state index is -0.221. The number of benzene rings is 1. The van der Waals surface area contributed by atoms with Crippen LogP contribution in [-0.2, 0) is 33.8 Å². The Labute approximate surface area is 162 Å². The van der Waals surface area contributed by atoms with Crippen LogP contribution in [0, 0.1) is 0 Å². The molecule has 0 spiro atoms. The zero-order valence-electron chi connectivity index (χ0n) is 15.3. The summed E-state index contributed by atoms with van der Waals surface area (Å²) in [5, 5.41) is 7.45. The second-order valence-electron chi connectivity index (χ2n) is 6.49.